The van der Waals surface area contributed by atoms with E-state index in [1.165, 1.54) is 44.6 Å². The Morgan fingerprint density at radius 1 is 1.22 bits per heavy atom. The highest BCUT2D eigenvalue weighted by molar-refractivity contribution is 9.09. The summed E-state index contributed by atoms with van der Waals surface area (Å²) in [4.78, 5) is 0.338. The zero-order valence-corrected chi connectivity index (χ0v) is 12.8. The largest absolute Gasteiger partial charge is 0.207 e. The zero-order valence-electron chi connectivity index (χ0n) is 10.5. The van der Waals surface area contributed by atoms with Crippen molar-refractivity contribution < 1.29 is 4.39 Å². The maximum Gasteiger partial charge on any atom is 0.127 e. The van der Waals surface area contributed by atoms with Gasteiger partial charge in [-0.05, 0) is 37.3 Å². The Labute approximate surface area is 122 Å². The van der Waals surface area contributed by atoms with Crippen LogP contribution in [0.15, 0.2) is 18.2 Å². The first-order valence-electron chi connectivity index (χ1n) is 6.75. The molecule has 2 rings (SSSR count). The lowest BCUT2D eigenvalue weighted by atomic mass is 9.92. The van der Waals surface area contributed by atoms with E-state index in [-0.39, 0.29) is 5.82 Å². The number of halogens is 3. The molecule has 0 amide bonds. The van der Waals surface area contributed by atoms with Gasteiger partial charge in [-0.2, -0.15) is 0 Å². The third-order valence-corrected chi connectivity index (χ3v) is 5.30. The highest BCUT2D eigenvalue weighted by atomic mass is 79.9. The van der Waals surface area contributed by atoms with Crippen LogP contribution in [0.3, 0.4) is 0 Å². The van der Waals surface area contributed by atoms with Gasteiger partial charge in [0, 0.05) is 15.4 Å². The molecule has 0 saturated heterocycles. The van der Waals surface area contributed by atoms with E-state index < -0.39 is 0 Å². The van der Waals surface area contributed by atoms with Gasteiger partial charge in [0.05, 0.1) is 0 Å². The average molecular weight is 334 g/mol. The molecule has 0 spiro atoms. The lowest BCUT2D eigenvalue weighted by Crippen LogP contribution is -2.17. The summed E-state index contributed by atoms with van der Waals surface area (Å²) in [5.41, 5.74) is 0.658. The molecule has 1 aliphatic rings. The monoisotopic (exact) mass is 332 g/mol. The third kappa shape index (κ3) is 3.71. The van der Waals surface area contributed by atoms with E-state index in [1.807, 2.05) is 0 Å². The molecule has 1 unspecified atom stereocenters. The van der Waals surface area contributed by atoms with Crippen LogP contribution in [0.4, 0.5) is 4.39 Å². The number of hydrogen-bond acceptors (Lipinski definition) is 0. The van der Waals surface area contributed by atoms with Gasteiger partial charge in [-0.25, -0.2) is 4.39 Å². The second-order valence-electron chi connectivity index (χ2n) is 5.17. The molecule has 1 aromatic carbocycles. The minimum Gasteiger partial charge on any atom is -0.207 e. The number of benzene rings is 1. The van der Waals surface area contributed by atoms with E-state index in [0.717, 1.165) is 0 Å². The molecule has 0 aromatic heterocycles. The van der Waals surface area contributed by atoms with Gasteiger partial charge in [-0.1, -0.05) is 59.3 Å². The Balaban J connectivity index is 2.03. The first-order chi connectivity index (χ1) is 8.68. The summed E-state index contributed by atoms with van der Waals surface area (Å²) in [5.74, 6) is 0.476. The fourth-order valence-electron chi connectivity index (χ4n) is 2.76. The summed E-state index contributed by atoms with van der Waals surface area (Å²) in [6, 6.07) is 4.93. The van der Waals surface area contributed by atoms with Gasteiger partial charge >= 0.3 is 0 Å². The highest BCUT2D eigenvalue weighted by Gasteiger charge is 2.22. The van der Waals surface area contributed by atoms with Gasteiger partial charge in [0.25, 0.3) is 0 Å². The Hall–Kier alpha value is -0.0800. The summed E-state index contributed by atoms with van der Waals surface area (Å²) in [6.07, 6.45) is 8.49. The number of alkyl halides is 1. The predicted octanol–water partition coefficient (Wildman–Crippen LogP) is 5.76. The standard InChI is InChI=1S/C15H19BrClF/c16-13(11-6-3-1-2-4-7-11)10-12-14(17)8-5-9-15(12)18/h5,8-9,11,13H,1-4,6-7,10H2. The molecule has 100 valence electrons. The molecular weight excluding hydrogens is 315 g/mol. The van der Waals surface area contributed by atoms with Gasteiger partial charge in [0.15, 0.2) is 0 Å². The van der Waals surface area contributed by atoms with Crippen LogP contribution in [-0.2, 0) is 6.42 Å². The van der Waals surface area contributed by atoms with Gasteiger partial charge in [-0.3, -0.25) is 0 Å². The van der Waals surface area contributed by atoms with E-state index in [2.05, 4.69) is 15.9 Å². The summed E-state index contributed by atoms with van der Waals surface area (Å²) in [7, 11) is 0. The van der Waals surface area contributed by atoms with Crippen molar-refractivity contribution in [1.82, 2.24) is 0 Å². The van der Waals surface area contributed by atoms with E-state index >= 15 is 0 Å². The van der Waals surface area contributed by atoms with E-state index in [4.69, 9.17) is 11.6 Å². The van der Waals surface area contributed by atoms with Crippen LogP contribution >= 0.6 is 27.5 Å². The Morgan fingerprint density at radius 2 is 1.89 bits per heavy atom. The minimum atomic E-state index is -0.180. The minimum absolute atomic E-state index is 0.180. The molecule has 1 aromatic rings. The van der Waals surface area contributed by atoms with Gasteiger partial charge in [0.1, 0.15) is 5.82 Å². The summed E-state index contributed by atoms with van der Waals surface area (Å²) in [5, 5.41) is 0.549. The molecular formula is C15H19BrClF. The SMILES string of the molecule is Fc1cccc(Cl)c1CC(Br)C1CCCCCC1. The number of hydrogen-bond donors (Lipinski definition) is 0. The maximum atomic E-state index is 13.8. The van der Waals surface area contributed by atoms with Crippen LogP contribution in [0.2, 0.25) is 5.02 Å². The molecule has 0 radical (unpaired) electrons. The summed E-state index contributed by atoms with van der Waals surface area (Å²) in [6.45, 7) is 0. The molecule has 0 bridgehead atoms. The van der Waals surface area contributed by atoms with Crippen LogP contribution < -0.4 is 0 Å². The maximum absolute atomic E-state index is 13.8. The van der Waals surface area contributed by atoms with Crippen molar-refractivity contribution in [2.45, 2.75) is 49.8 Å². The fourth-order valence-corrected chi connectivity index (χ4v) is 3.85. The predicted molar refractivity (Wildman–Crippen MR) is 79.0 cm³/mol. The first-order valence-corrected chi connectivity index (χ1v) is 8.05. The highest BCUT2D eigenvalue weighted by Crippen LogP contribution is 2.33. The molecule has 1 saturated carbocycles. The van der Waals surface area contributed by atoms with Crippen LogP contribution in [0.1, 0.15) is 44.1 Å². The third-order valence-electron chi connectivity index (χ3n) is 3.87. The smallest absolute Gasteiger partial charge is 0.127 e. The lowest BCUT2D eigenvalue weighted by Gasteiger charge is -2.21. The van der Waals surface area contributed by atoms with Crippen molar-refractivity contribution in [2.24, 2.45) is 5.92 Å². The molecule has 0 aliphatic heterocycles. The van der Waals surface area contributed by atoms with Gasteiger partial charge in [0.2, 0.25) is 0 Å². The van der Waals surface area contributed by atoms with Gasteiger partial charge < -0.3 is 0 Å². The van der Waals surface area contributed by atoms with E-state index in [0.29, 0.717) is 27.8 Å². The van der Waals surface area contributed by atoms with Crippen molar-refractivity contribution >= 4 is 27.5 Å². The van der Waals surface area contributed by atoms with Crippen LogP contribution in [0.25, 0.3) is 0 Å². The van der Waals surface area contributed by atoms with E-state index in [9.17, 15) is 4.39 Å². The second-order valence-corrected chi connectivity index (χ2v) is 6.76. The van der Waals surface area contributed by atoms with E-state index in [1.54, 1.807) is 12.1 Å². The normalized spacial score (nSPS) is 19.5. The molecule has 1 fully saturated rings. The summed E-state index contributed by atoms with van der Waals surface area (Å²) < 4.78 is 13.8. The lowest BCUT2D eigenvalue weighted by molar-refractivity contribution is 0.441. The van der Waals surface area contributed by atoms with Crippen LogP contribution in [0, 0.1) is 11.7 Å². The van der Waals surface area contributed by atoms with Gasteiger partial charge in [-0.15, -0.1) is 0 Å². The van der Waals surface area contributed by atoms with Crippen molar-refractivity contribution in [3.8, 4) is 0 Å². The fraction of sp³-hybridized carbons (Fsp3) is 0.600. The Kier molecular flexibility index (Phi) is 5.50. The van der Waals surface area contributed by atoms with Crippen LogP contribution in [0.5, 0.6) is 0 Å². The second kappa shape index (κ2) is 6.91. The molecule has 1 atom stereocenters. The molecule has 1 aliphatic carbocycles. The summed E-state index contributed by atoms with van der Waals surface area (Å²) >= 11 is 9.84. The van der Waals surface area contributed by atoms with Crippen molar-refractivity contribution in [3.63, 3.8) is 0 Å². The van der Waals surface area contributed by atoms with Crippen LogP contribution in [-0.4, -0.2) is 4.83 Å². The molecule has 3 heteroatoms. The van der Waals surface area contributed by atoms with Crippen molar-refractivity contribution in [2.75, 3.05) is 0 Å². The Morgan fingerprint density at radius 3 is 2.50 bits per heavy atom. The quantitative estimate of drug-likeness (QED) is 0.487. The zero-order chi connectivity index (χ0) is 13.0. The number of rotatable bonds is 3. The average Bonchev–Trinajstić information content (AvgIpc) is 2.62. The molecule has 0 N–H and O–H groups in total. The first kappa shape index (κ1) is 14.3. The topological polar surface area (TPSA) is 0 Å². The molecule has 18 heavy (non-hydrogen) atoms. The molecule has 0 nitrogen and oxygen atoms in total. The Bertz CT molecular complexity index is 366. The van der Waals surface area contributed by atoms with Crippen molar-refractivity contribution in [3.05, 3.63) is 34.6 Å². The van der Waals surface area contributed by atoms with Crippen molar-refractivity contribution in [1.29, 1.82) is 0 Å². The molecule has 0 heterocycles.